The van der Waals surface area contributed by atoms with Crippen LogP contribution in [0.4, 0.5) is 0 Å². The molecule has 1 N–H and O–H groups in total. The standard InChI is InChI=1S/C7H11OPS/c1-4(8)6-3-7(9)10-5(6)2/h3-4,8H,9H2,1-2H3. The van der Waals surface area contributed by atoms with Crippen molar-refractivity contribution in [2.45, 2.75) is 20.0 Å². The van der Waals surface area contributed by atoms with E-state index in [0.29, 0.717) is 0 Å². The number of aliphatic hydroxyl groups excluding tert-OH is 1. The average Bonchev–Trinajstić information content (AvgIpc) is 2.10. The summed E-state index contributed by atoms with van der Waals surface area (Å²) >= 11 is 1.70. The second kappa shape index (κ2) is 3.00. The van der Waals surface area contributed by atoms with E-state index in [1.54, 1.807) is 18.3 Å². The smallest absolute Gasteiger partial charge is 0.0772 e. The molecule has 0 radical (unpaired) electrons. The third kappa shape index (κ3) is 1.57. The van der Waals surface area contributed by atoms with Crippen LogP contribution in [0.25, 0.3) is 0 Å². The lowest BCUT2D eigenvalue weighted by Gasteiger charge is -2.00. The molecule has 1 heterocycles. The SMILES string of the molecule is Cc1sc(P)cc1C(C)O. The van der Waals surface area contributed by atoms with Crippen LogP contribution in [0.1, 0.15) is 23.5 Å². The highest BCUT2D eigenvalue weighted by Crippen LogP contribution is 2.21. The van der Waals surface area contributed by atoms with Crippen LogP contribution >= 0.6 is 20.6 Å². The molecule has 2 atom stereocenters. The molecule has 0 aromatic carbocycles. The van der Waals surface area contributed by atoms with Crippen molar-refractivity contribution < 1.29 is 5.11 Å². The van der Waals surface area contributed by atoms with E-state index in [4.69, 9.17) is 0 Å². The first kappa shape index (κ1) is 8.19. The van der Waals surface area contributed by atoms with E-state index >= 15 is 0 Å². The van der Waals surface area contributed by atoms with Gasteiger partial charge < -0.3 is 5.11 Å². The van der Waals surface area contributed by atoms with Crippen LogP contribution in [-0.2, 0) is 0 Å². The van der Waals surface area contributed by atoms with Crippen molar-refractivity contribution in [3.8, 4) is 0 Å². The summed E-state index contributed by atoms with van der Waals surface area (Å²) in [6.07, 6.45) is -0.328. The van der Waals surface area contributed by atoms with Gasteiger partial charge in [0.2, 0.25) is 0 Å². The lowest BCUT2D eigenvalue weighted by Crippen LogP contribution is -1.89. The van der Waals surface area contributed by atoms with E-state index in [-0.39, 0.29) is 6.10 Å². The first-order valence-corrected chi connectivity index (χ1v) is 4.54. The van der Waals surface area contributed by atoms with Crippen LogP contribution in [0.3, 0.4) is 0 Å². The predicted octanol–water partition coefficient (Wildman–Crippen LogP) is 1.61. The van der Waals surface area contributed by atoms with Gasteiger partial charge in [-0.25, -0.2) is 0 Å². The lowest BCUT2D eigenvalue weighted by atomic mass is 10.2. The maximum atomic E-state index is 9.22. The molecule has 0 saturated heterocycles. The van der Waals surface area contributed by atoms with E-state index in [9.17, 15) is 5.11 Å². The normalized spacial score (nSPS) is 13.6. The van der Waals surface area contributed by atoms with Gasteiger partial charge in [0.25, 0.3) is 0 Å². The van der Waals surface area contributed by atoms with E-state index in [1.165, 1.54) is 9.50 Å². The number of rotatable bonds is 1. The lowest BCUT2D eigenvalue weighted by molar-refractivity contribution is 0.199. The molecule has 0 saturated carbocycles. The summed E-state index contributed by atoms with van der Waals surface area (Å²) in [6, 6.07) is 2.01. The second-order valence-electron chi connectivity index (χ2n) is 2.34. The van der Waals surface area contributed by atoms with Crippen molar-refractivity contribution in [3.05, 3.63) is 16.5 Å². The number of hydrogen-bond donors (Lipinski definition) is 1. The largest absolute Gasteiger partial charge is 0.389 e. The first-order valence-electron chi connectivity index (χ1n) is 3.15. The molecule has 1 nitrogen and oxygen atoms in total. The average molecular weight is 174 g/mol. The van der Waals surface area contributed by atoms with E-state index in [2.05, 4.69) is 9.24 Å². The summed E-state index contributed by atoms with van der Waals surface area (Å²) in [7, 11) is 2.64. The fraction of sp³-hybridized carbons (Fsp3) is 0.429. The molecule has 2 unspecified atom stereocenters. The van der Waals surface area contributed by atoms with Crippen LogP contribution in [0, 0.1) is 6.92 Å². The summed E-state index contributed by atoms with van der Waals surface area (Å²) in [6.45, 7) is 3.82. The molecule has 0 spiro atoms. The van der Waals surface area contributed by atoms with Crippen molar-refractivity contribution >= 4 is 25.2 Å². The van der Waals surface area contributed by atoms with Gasteiger partial charge in [0.1, 0.15) is 0 Å². The quantitative estimate of drug-likeness (QED) is 0.641. The Hall–Kier alpha value is 0.0900. The zero-order chi connectivity index (χ0) is 7.72. The molecule has 0 aliphatic rings. The second-order valence-corrected chi connectivity index (χ2v) is 4.66. The predicted molar refractivity (Wildman–Crippen MR) is 49.0 cm³/mol. The van der Waals surface area contributed by atoms with Gasteiger partial charge in [-0.1, -0.05) is 9.24 Å². The number of thiophene rings is 1. The highest BCUT2D eigenvalue weighted by atomic mass is 32.1. The third-order valence-corrected chi connectivity index (χ3v) is 2.84. The Kier molecular flexibility index (Phi) is 2.45. The molecule has 0 aliphatic heterocycles. The Bertz CT molecular complexity index is 230. The van der Waals surface area contributed by atoms with Gasteiger partial charge in [0.05, 0.1) is 6.10 Å². The molecule has 0 fully saturated rings. The number of aryl methyl sites for hydroxylation is 1. The Labute approximate surface area is 67.3 Å². The van der Waals surface area contributed by atoms with Crippen molar-refractivity contribution in [2.75, 3.05) is 0 Å². The van der Waals surface area contributed by atoms with Crippen LogP contribution in [0.15, 0.2) is 6.07 Å². The number of aliphatic hydroxyl groups is 1. The van der Waals surface area contributed by atoms with Gasteiger partial charge >= 0.3 is 0 Å². The zero-order valence-electron chi connectivity index (χ0n) is 6.09. The number of hydrogen-bond acceptors (Lipinski definition) is 2. The van der Waals surface area contributed by atoms with Crippen molar-refractivity contribution in [1.29, 1.82) is 0 Å². The highest BCUT2D eigenvalue weighted by Gasteiger charge is 2.06. The van der Waals surface area contributed by atoms with Gasteiger partial charge in [0, 0.05) is 9.50 Å². The first-order chi connectivity index (χ1) is 4.61. The van der Waals surface area contributed by atoms with Crippen LogP contribution < -0.4 is 4.62 Å². The fourth-order valence-electron chi connectivity index (χ4n) is 0.935. The van der Waals surface area contributed by atoms with Crippen LogP contribution in [-0.4, -0.2) is 5.11 Å². The van der Waals surface area contributed by atoms with Crippen LogP contribution in [0.5, 0.6) is 0 Å². The molecule has 0 bridgehead atoms. The molecular weight excluding hydrogens is 163 g/mol. The van der Waals surface area contributed by atoms with Crippen LogP contribution in [0.2, 0.25) is 0 Å². The molecule has 0 aliphatic carbocycles. The van der Waals surface area contributed by atoms with Gasteiger partial charge in [-0.3, -0.25) is 0 Å². The molecule has 1 rings (SSSR count). The van der Waals surface area contributed by atoms with E-state index in [0.717, 1.165) is 5.56 Å². The summed E-state index contributed by atoms with van der Waals surface area (Å²) in [4.78, 5) is 1.21. The molecule has 0 amide bonds. The van der Waals surface area contributed by atoms with E-state index < -0.39 is 0 Å². The third-order valence-electron chi connectivity index (χ3n) is 1.43. The van der Waals surface area contributed by atoms with Gasteiger partial charge in [0.15, 0.2) is 0 Å². The van der Waals surface area contributed by atoms with Crippen molar-refractivity contribution in [3.63, 3.8) is 0 Å². The summed E-state index contributed by atoms with van der Waals surface area (Å²) < 4.78 is 1.19. The minimum absolute atomic E-state index is 0.328. The Morgan fingerprint density at radius 3 is 2.50 bits per heavy atom. The molecule has 56 valence electrons. The molecule has 3 heteroatoms. The van der Waals surface area contributed by atoms with Gasteiger partial charge in [-0.15, -0.1) is 11.3 Å². The van der Waals surface area contributed by atoms with Crippen molar-refractivity contribution in [2.24, 2.45) is 0 Å². The van der Waals surface area contributed by atoms with E-state index in [1.807, 2.05) is 13.0 Å². The van der Waals surface area contributed by atoms with Crippen molar-refractivity contribution in [1.82, 2.24) is 0 Å². The summed E-state index contributed by atoms with van der Waals surface area (Å²) in [5.41, 5.74) is 1.05. The zero-order valence-corrected chi connectivity index (χ0v) is 8.06. The van der Waals surface area contributed by atoms with Gasteiger partial charge in [-0.05, 0) is 25.5 Å². The minimum atomic E-state index is -0.328. The minimum Gasteiger partial charge on any atom is -0.389 e. The maximum absolute atomic E-state index is 9.22. The Morgan fingerprint density at radius 1 is 1.70 bits per heavy atom. The molecule has 10 heavy (non-hydrogen) atoms. The molecular formula is C7H11OPS. The summed E-state index contributed by atoms with van der Waals surface area (Å²) in [5.74, 6) is 0. The monoisotopic (exact) mass is 174 g/mol. The topological polar surface area (TPSA) is 20.2 Å². The summed E-state index contributed by atoms with van der Waals surface area (Å²) in [5, 5.41) is 9.22. The Balaban J connectivity index is 3.03. The maximum Gasteiger partial charge on any atom is 0.0772 e. The Morgan fingerprint density at radius 2 is 2.30 bits per heavy atom. The fourth-order valence-corrected chi connectivity index (χ4v) is 2.53. The molecule has 1 aromatic heterocycles. The highest BCUT2D eigenvalue weighted by molar-refractivity contribution is 7.43. The molecule has 1 aromatic rings. The van der Waals surface area contributed by atoms with Gasteiger partial charge in [-0.2, -0.15) is 0 Å².